The molecule has 0 aliphatic carbocycles. The van der Waals surface area contributed by atoms with Crippen LogP contribution in [0.5, 0.6) is 0 Å². The van der Waals surface area contributed by atoms with E-state index < -0.39 is 0 Å². The van der Waals surface area contributed by atoms with E-state index in [1.165, 1.54) is 12.8 Å². The summed E-state index contributed by atoms with van der Waals surface area (Å²) in [5.74, 6) is 0.985. The highest BCUT2D eigenvalue weighted by Gasteiger charge is 2.42. The van der Waals surface area contributed by atoms with Crippen molar-refractivity contribution in [2.75, 3.05) is 33.4 Å². The molecule has 0 bridgehead atoms. The smallest absolute Gasteiger partial charge is 0.194 e. The molecule has 1 aromatic heterocycles. The molecule has 2 aliphatic heterocycles. The van der Waals surface area contributed by atoms with Crippen LogP contribution < -0.4 is 5.32 Å². The second-order valence-electron chi connectivity index (χ2n) is 5.30. The minimum Gasteiger partial charge on any atom is -0.381 e. The van der Waals surface area contributed by atoms with Gasteiger partial charge in [0.05, 0.1) is 13.2 Å². The van der Waals surface area contributed by atoms with Gasteiger partial charge in [0, 0.05) is 43.7 Å². The zero-order valence-corrected chi connectivity index (χ0v) is 14.8. The summed E-state index contributed by atoms with van der Waals surface area (Å²) in [5.41, 5.74) is 0.374. The third kappa shape index (κ3) is 3.43. The van der Waals surface area contributed by atoms with Gasteiger partial charge in [0.2, 0.25) is 0 Å². The summed E-state index contributed by atoms with van der Waals surface area (Å²) < 4.78 is 5.57. The minimum atomic E-state index is 0. The van der Waals surface area contributed by atoms with E-state index in [2.05, 4.69) is 20.2 Å². The van der Waals surface area contributed by atoms with Crippen LogP contribution in [-0.2, 0) is 11.3 Å². The lowest BCUT2D eigenvalue weighted by atomic mass is 9.87. The Morgan fingerprint density at radius 1 is 1.60 bits per heavy atom. The fourth-order valence-electron chi connectivity index (χ4n) is 2.91. The normalized spacial score (nSPS) is 26.1. The van der Waals surface area contributed by atoms with Crippen LogP contribution in [0.3, 0.4) is 0 Å². The lowest BCUT2D eigenvalue weighted by molar-refractivity contribution is 0.156. The van der Waals surface area contributed by atoms with Crippen molar-refractivity contribution in [2.24, 2.45) is 10.4 Å². The van der Waals surface area contributed by atoms with Gasteiger partial charge in [-0.1, -0.05) is 0 Å². The zero-order valence-electron chi connectivity index (χ0n) is 11.7. The average Bonchev–Trinajstić information content (AvgIpc) is 3.15. The lowest BCUT2D eigenvalue weighted by Gasteiger charge is -2.24. The van der Waals surface area contributed by atoms with E-state index >= 15 is 0 Å². The molecule has 1 atom stereocenters. The molecule has 3 rings (SSSR count). The summed E-state index contributed by atoms with van der Waals surface area (Å²) in [6, 6.07) is 0. The van der Waals surface area contributed by atoms with Crippen LogP contribution in [-0.4, -0.2) is 49.2 Å². The molecule has 0 saturated carbocycles. The molecule has 3 heterocycles. The van der Waals surface area contributed by atoms with Crippen molar-refractivity contribution in [3.05, 3.63) is 16.6 Å². The molecule has 20 heavy (non-hydrogen) atoms. The van der Waals surface area contributed by atoms with Crippen molar-refractivity contribution in [1.82, 2.24) is 15.2 Å². The lowest BCUT2D eigenvalue weighted by Crippen LogP contribution is -2.41. The van der Waals surface area contributed by atoms with Crippen molar-refractivity contribution in [1.29, 1.82) is 0 Å². The Hall–Kier alpha value is -0.410. The van der Waals surface area contributed by atoms with Gasteiger partial charge in [-0.15, -0.1) is 35.3 Å². The van der Waals surface area contributed by atoms with Gasteiger partial charge in [0.1, 0.15) is 5.01 Å². The predicted octanol–water partition coefficient (Wildman–Crippen LogP) is 1.95. The number of rotatable bonds is 2. The summed E-state index contributed by atoms with van der Waals surface area (Å²) in [7, 11) is 1.85. The maximum atomic E-state index is 5.57. The molecule has 5 nitrogen and oxygen atoms in total. The van der Waals surface area contributed by atoms with Gasteiger partial charge in [-0.05, 0) is 12.8 Å². The Balaban J connectivity index is 0.00000147. The summed E-state index contributed by atoms with van der Waals surface area (Å²) in [6.07, 6.45) is 4.24. The van der Waals surface area contributed by atoms with E-state index in [0.29, 0.717) is 5.41 Å². The van der Waals surface area contributed by atoms with Crippen molar-refractivity contribution in [3.63, 3.8) is 0 Å². The molecular weight excluding hydrogens is 387 g/mol. The Labute approximate surface area is 140 Å². The number of hydrogen-bond acceptors (Lipinski definition) is 4. The number of ether oxygens (including phenoxy) is 1. The molecule has 0 aromatic carbocycles. The van der Waals surface area contributed by atoms with Crippen LogP contribution in [0.25, 0.3) is 0 Å². The van der Waals surface area contributed by atoms with E-state index in [4.69, 9.17) is 4.74 Å². The van der Waals surface area contributed by atoms with E-state index in [9.17, 15) is 0 Å². The predicted molar refractivity (Wildman–Crippen MR) is 91.8 cm³/mol. The quantitative estimate of drug-likeness (QED) is 0.462. The highest BCUT2D eigenvalue weighted by molar-refractivity contribution is 14.0. The van der Waals surface area contributed by atoms with E-state index in [0.717, 1.165) is 43.8 Å². The third-order valence-corrected chi connectivity index (χ3v) is 4.80. The molecule has 2 aliphatic rings. The molecule has 1 unspecified atom stereocenters. The zero-order chi connectivity index (χ0) is 13.1. The standard InChI is InChI=1S/C13H20N4OS.HI/c1-14-12(16-8-11-15-4-7-19-11)17-5-2-13(9-17)3-6-18-10-13;/h4,7H,2-3,5-6,8-10H2,1H3,(H,14,16);1H. The molecule has 1 aromatic rings. The van der Waals surface area contributed by atoms with Crippen molar-refractivity contribution in [2.45, 2.75) is 19.4 Å². The highest BCUT2D eigenvalue weighted by atomic mass is 127. The SMILES string of the molecule is CN=C(NCc1nccs1)N1CCC2(CCOC2)C1.I. The number of nitrogens with zero attached hydrogens (tertiary/aromatic N) is 3. The van der Waals surface area contributed by atoms with Gasteiger partial charge in [0.15, 0.2) is 5.96 Å². The summed E-state index contributed by atoms with van der Waals surface area (Å²) in [5, 5.41) is 6.50. The fourth-order valence-corrected chi connectivity index (χ4v) is 3.47. The number of hydrogen-bond donors (Lipinski definition) is 1. The van der Waals surface area contributed by atoms with Gasteiger partial charge in [-0.2, -0.15) is 0 Å². The first kappa shape index (κ1) is 16.0. The van der Waals surface area contributed by atoms with Gasteiger partial charge >= 0.3 is 0 Å². The first-order valence-corrected chi connectivity index (χ1v) is 7.61. The van der Waals surface area contributed by atoms with Crippen LogP contribution in [0.4, 0.5) is 0 Å². The Morgan fingerprint density at radius 2 is 2.50 bits per heavy atom. The topological polar surface area (TPSA) is 49.8 Å². The minimum absolute atomic E-state index is 0. The van der Waals surface area contributed by atoms with Crippen LogP contribution in [0.1, 0.15) is 17.8 Å². The average molecular weight is 408 g/mol. The number of nitrogens with one attached hydrogen (secondary N) is 1. The summed E-state index contributed by atoms with van der Waals surface area (Å²) >= 11 is 1.67. The molecule has 2 saturated heterocycles. The van der Waals surface area contributed by atoms with E-state index in [1.54, 1.807) is 11.3 Å². The van der Waals surface area contributed by atoms with Gasteiger partial charge in [-0.25, -0.2) is 4.98 Å². The maximum Gasteiger partial charge on any atom is 0.194 e. The Kier molecular flexibility index (Phi) is 5.62. The first-order valence-electron chi connectivity index (χ1n) is 6.73. The highest BCUT2D eigenvalue weighted by Crippen LogP contribution is 2.38. The summed E-state index contributed by atoms with van der Waals surface area (Å²) in [4.78, 5) is 11.0. The molecule has 1 spiro atoms. The number of guanidine groups is 1. The Bertz CT molecular complexity index is 445. The third-order valence-electron chi connectivity index (χ3n) is 4.02. The van der Waals surface area contributed by atoms with Gasteiger partial charge < -0.3 is 15.0 Å². The van der Waals surface area contributed by atoms with Crippen LogP contribution in [0, 0.1) is 5.41 Å². The molecule has 0 amide bonds. The second-order valence-corrected chi connectivity index (χ2v) is 6.28. The number of halogens is 1. The van der Waals surface area contributed by atoms with Crippen molar-refractivity contribution in [3.8, 4) is 0 Å². The van der Waals surface area contributed by atoms with Crippen LogP contribution >= 0.6 is 35.3 Å². The van der Waals surface area contributed by atoms with Gasteiger partial charge in [-0.3, -0.25) is 4.99 Å². The fraction of sp³-hybridized carbons (Fsp3) is 0.692. The number of aliphatic imine (C=N–C) groups is 1. The molecule has 112 valence electrons. The molecular formula is C13H21IN4OS. The van der Waals surface area contributed by atoms with Gasteiger partial charge in [0.25, 0.3) is 0 Å². The first-order chi connectivity index (χ1) is 9.31. The number of aromatic nitrogens is 1. The number of thiazole rings is 1. The maximum absolute atomic E-state index is 5.57. The molecule has 2 fully saturated rings. The van der Waals surface area contributed by atoms with Crippen molar-refractivity contribution >= 4 is 41.3 Å². The molecule has 1 N–H and O–H groups in total. The molecule has 7 heteroatoms. The largest absolute Gasteiger partial charge is 0.381 e. The van der Waals surface area contributed by atoms with E-state index in [1.807, 2.05) is 18.6 Å². The number of likely N-dealkylation sites (tertiary alicyclic amines) is 1. The van der Waals surface area contributed by atoms with E-state index in [-0.39, 0.29) is 24.0 Å². The van der Waals surface area contributed by atoms with Crippen LogP contribution in [0.15, 0.2) is 16.6 Å². The second kappa shape index (κ2) is 7.04. The monoisotopic (exact) mass is 408 g/mol. The van der Waals surface area contributed by atoms with Crippen LogP contribution in [0.2, 0.25) is 0 Å². The Morgan fingerprint density at radius 3 is 3.15 bits per heavy atom. The molecule has 0 radical (unpaired) electrons. The summed E-state index contributed by atoms with van der Waals surface area (Å²) in [6.45, 7) is 4.71. The van der Waals surface area contributed by atoms with Crippen molar-refractivity contribution < 1.29 is 4.74 Å².